The third-order valence-electron chi connectivity index (χ3n) is 5.13. The molecule has 0 fully saturated rings. The summed E-state index contributed by atoms with van der Waals surface area (Å²) in [7, 11) is 0. The second kappa shape index (κ2) is 18.3. The van der Waals surface area contributed by atoms with Crippen LogP contribution >= 0.6 is 87.2 Å². The van der Waals surface area contributed by atoms with Crippen LogP contribution in [0.1, 0.15) is 38.8 Å². The molecule has 2 aromatic carbocycles. The summed E-state index contributed by atoms with van der Waals surface area (Å²) in [4.78, 5) is 23.3. The zero-order valence-electron chi connectivity index (χ0n) is 23.2. The zero-order valence-corrected chi connectivity index (χ0v) is 31.2. The van der Waals surface area contributed by atoms with Gasteiger partial charge in [-0.15, -0.1) is 0 Å². The van der Waals surface area contributed by atoms with Crippen molar-refractivity contribution >= 4 is 97.5 Å². The van der Waals surface area contributed by atoms with Crippen LogP contribution in [-0.4, -0.2) is 47.5 Å². The van der Waals surface area contributed by atoms with E-state index in [1.165, 1.54) is 23.5 Å². The summed E-state index contributed by atoms with van der Waals surface area (Å²) in [6, 6.07) is 8.03. The molecule has 0 heterocycles. The lowest BCUT2D eigenvalue weighted by Gasteiger charge is -2.19. The van der Waals surface area contributed by atoms with E-state index >= 15 is 0 Å². The van der Waals surface area contributed by atoms with E-state index in [0.717, 1.165) is 29.0 Å². The molecule has 0 amide bonds. The Morgan fingerprint density at radius 1 is 0.707 bits per heavy atom. The first-order valence-electron chi connectivity index (χ1n) is 12.5. The molecule has 2 atom stereocenters. The molecule has 0 spiro atoms. The summed E-state index contributed by atoms with van der Waals surface area (Å²) >= 11 is 16.8. The van der Waals surface area contributed by atoms with Crippen molar-refractivity contribution in [2.45, 2.75) is 46.7 Å². The molecule has 0 aliphatic carbocycles. The van der Waals surface area contributed by atoms with Crippen molar-refractivity contribution in [1.82, 2.24) is 0 Å². The Morgan fingerprint density at radius 2 is 1.02 bits per heavy atom. The molecule has 0 saturated carbocycles. The average molecular weight is 860 g/mol. The maximum Gasteiger partial charge on any atom is 0.214 e. The van der Waals surface area contributed by atoms with Gasteiger partial charge in [-0.3, -0.25) is 9.59 Å². The van der Waals surface area contributed by atoms with Gasteiger partial charge >= 0.3 is 0 Å². The SMILES string of the molecule is C=C(C)C(=O)SCCOC(C)Oc1c(Br)cc(Cc2cc(Br)c(OC(C)OCCSC(=O)C(=C)C)c(Br)c2)cc1Br. The van der Waals surface area contributed by atoms with E-state index in [-0.39, 0.29) is 10.2 Å². The summed E-state index contributed by atoms with van der Waals surface area (Å²) in [5.41, 5.74) is 3.17. The van der Waals surface area contributed by atoms with Gasteiger partial charge in [-0.25, -0.2) is 0 Å². The van der Waals surface area contributed by atoms with E-state index in [1.54, 1.807) is 13.8 Å². The normalized spacial score (nSPS) is 12.5. The van der Waals surface area contributed by atoms with Crippen molar-refractivity contribution in [3.05, 3.63) is 77.6 Å². The quantitative estimate of drug-likeness (QED) is 0.0940. The number of rotatable bonds is 16. The number of benzene rings is 2. The molecular formula is C29H32Br4O6S2. The highest BCUT2D eigenvalue weighted by molar-refractivity contribution is 9.11. The van der Waals surface area contributed by atoms with Gasteiger partial charge in [0.15, 0.2) is 24.1 Å². The summed E-state index contributed by atoms with van der Waals surface area (Å²) < 4.78 is 26.5. The van der Waals surface area contributed by atoms with Crippen molar-refractivity contribution in [1.29, 1.82) is 0 Å². The second-order valence-electron chi connectivity index (χ2n) is 8.90. The maximum absolute atomic E-state index is 11.6. The molecule has 0 aliphatic heterocycles. The monoisotopic (exact) mass is 856 g/mol. The minimum atomic E-state index is -0.502. The number of halogens is 4. The van der Waals surface area contributed by atoms with Crippen molar-refractivity contribution in [2.75, 3.05) is 24.7 Å². The van der Waals surface area contributed by atoms with Crippen molar-refractivity contribution in [3.8, 4) is 11.5 Å². The Hall–Kier alpha value is -0.600. The highest BCUT2D eigenvalue weighted by Gasteiger charge is 2.17. The zero-order chi connectivity index (χ0) is 30.7. The summed E-state index contributed by atoms with van der Waals surface area (Å²) in [5.74, 6) is 2.32. The van der Waals surface area contributed by atoms with E-state index in [0.29, 0.717) is 53.8 Å². The fourth-order valence-electron chi connectivity index (χ4n) is 3.23. The molecule has 0 bridgehead atoms. The van der Waals surface area contributed by atoms with Crippen LogP contribution in [0.2, 0.25) is 0 Å². The predicted octanol–water partition coefficient (Wildman–Crippen LogP) is 9.48. The fourth-order valence-corrected chi connectivity index (χ4v) is 7.39. The van der Waals surface area contributed by atoms with Gasteiger partial charge < -0.3 is 18.9 Å². The van der Waals surface area contributed by atoms with Gasteiger partial charge in [0.1, 0.15) is 0 Å². The van der Waals surface area contributed by atoms with Gasteiger partial charge in [0, 0.05) is 11.5 Å². The van der Waals surface area contributed by atoms with E-state index in [2.05, 4.69) is 76.9 Å². The highest BCUT2D eigenvalue weighted by Crippen LogP contribution is 2.39. The summed E-state index contributed by atoms with van der Waals surface area (Å²) in [6.45, 7) is 15.1. The van der Waals surface area contributed by atoms with Crippen molar-refractivity contribution in [2.24, 2.45) is 0 Å². The molecule has 6 nitrogen and oxygen atoms in total. The Bertz CT molecular complexity index is 1130. The Balaban J connectivity index is 1.95. The second-order valence-corrected chi connectivity index (χ2v) is 14.5. The number of ether oxygens (including phenoxy) is 4. The molecule has 0 N–H and O–H groups in total. The van der Waals surface area contributed by atoms with Crippen LogP contribution in [0.3, 0.4) is 0 Å². The predicted molar refractivity (Wildman–Crippen MR) is 183 cm³/mol. The van der Waals surface area contributed by atoms with Crippen LogP contribution in [0.25, 0.3) is 0 Å². The van der Waals surface area contributed by atoms with Crippen molar-refractivity contribution < 1.29 is 28.5 Å². The van der Waals surface area contributed by atoms with Gasteiger partial charge in [0.05, 0.1) is 31.1 Å². The van der Waals surface area contributed by atoms with Gasteiger partial charge in [-0.1, -0.05) is 36.7 Å². The Labute approximate surface area is 284 Å². The lowest BCUT2D eigenvalue weighted by molar-refractivity contribution is -0.108. The topological polar surface area (TPSA) is 71.1 Å². The average Bonchev–Trinajstić information content (AvgIpc) is 2.88. The van der Waals surface area contributed by atoms with Crippen LogP contribution in [0.15, 0.2) is 66.5 Å². The van der Waals surface area contributed by atoms with Gasteiger partial charge in [-0.05, 0) is 144 Å². The van der Waals surface area contributed by atoms with Crippen molar-refractivity contribution in [3.63, 3.8) is 0 Å². The molecule has 0 aromatic heterocycles. The highest BCUT2D eigenvalue weighted by atomic mass is 79.9. The van der Waals surface area contributed by atoms with Crippen LogP contribution in [0.5, 0.6) is 11.5 Å². The Kier molecular flexibility index (Phi) is 16.3. The number of carbonyl (C=O) groups excluding carboxylic acids is 2. The first kappa shape index (κ1) is 36.6. The minimum absolute atomic E-state index is 0.0347. The molecule has 2 aromatic rings. The molecule has 2 unspecified atom stereocenters. The van der Waals surface area contributed by atoms with Gasteiger partial charge in [0.25, 0.3) is 0 Å². The Morgan fingerprint density at radius 3 is 1.32 bits per heavy atom. The van der Waals surface area contributed by atoms with Crippen LogP contribution in [-0.2, 0) is 25.5 Å². The third-order valence-corrected chi connectivity index (χ3v) is 9.45. The third kappa shape index (κ3) is 12.9. The number of thioether (sulfide) groups is 2. The smallest absolute Gasteiger partial charge is 0.214 e. The van der Waals surface area contributed by atoms with E-state index in [1.807, 2.05) is 38.1 Å². The summed E-state index contributed by atoms with van der Waals surface area (Å²) in [5, 5.41) is -0.0694. The largest absolute Gasteiger partial charge is 0.463 e. The number of carbonyl (C=O) groups is 2. The molecule has 224 valence electrons. The lowest BCUT2D eigenvalue weighted by Crippen LogP contribution is -2.19. The first-order chi connectivity index (χ1) is 19.3. The molecule has 0 saturated heterocycles. The van der Waals surface area contributed by atoms with Crippen LogP contribution in [0, 0.1) is 0 Å². The minimum Gasteiger partial charge on any atom is -0.463 e. The molecule has 0 radical (unpaired) electrons. The number of hydrogen-bond donors (Lipinski definition) is 0. The standard InChI is InChI=1S/C29H32Br4O6S2/c1-16(2)28(34)40-9-7-36-18(5)38-26-22(30)12-20(13-23(26)31)11-21-14-24(32)27(25(33)15-21)39-19(6)37-8-10-41-29(35)17(3)4/h12-15,18-19H,1,3,7-11H2,2,4-6H3. The van der Waals surface area contributed by atoms with Crippen LogP contribution < -0.4 is 9.47 Å². The molecule has 0 aliphatic rings. The van der Waals surface area contributed by atoms with E-state index < -0.39 is 12.6 Å². The van der Waals surface area contributed by atoms with E-state index in [4.69, 9.17) is 18.9 Å². The lowest BCUT2D eigenvalue weighted by atomic mass is 10.0. The fraction of sp³-hybridized carbons (Fsp3) is 0.379. The first-order valence-corrected chi connectivity index (χ1v) is 17.6. The summed E-state index contributed by atoms with van der Waals surface area (Å²) in [6.07, 6.45) is -0.343. The molecular weight excluding hydrogens is 828 g/mol. The van der Waals surface area contributed by atoms with Gasteiger partial charge in [0.2, 0.25) is 10.2 Å². The van der Waals surface area contributed by atoms with E-state index in [9.17, 15) is 9.59 Å². The number of hydrogen-bond acceptors (Lipinski definition) is 8. The maximum atomic E-state index is 11.6. The van der Waals surface area contributed by atoms with Gasteiger partial charge in [-0.2, -0.15) is 0 Å². The molecule has 41 heavy (non-hydrogen) atoms. The molecule has 12 heteroatoms. The van der Waals surface area contributed by atoms with Crippen LogP contribution in [0.4, 0.5) is 0 Å². The molecule has 2 rings (SSSR count).